The normalized spacial score (nSPS) is 12.6. The Kier molecular flexibility index (Phi) is 4.39. The van der Waals surface area contributed by atoms with Crippen LogP contribution in [-0.2, 0) is 13.0 Å². The Morgan fingerprint density at radius 1 is 1.33 bits per heavy atom. The van der Waals surface area contributed by atoms with Gasteiger partial charge in [-0.25, -0.2) is 4.98 Å². The highest BCUT2D eigenvalue weighted by atomic mass is 35.5. The fourth-order valence-electron chi connectivity index (χ4n) is 1.79. The van der Waals surface area contributed by atoms with Gasteiger partial charge >= 0.3 is 0 Å². The van der Waals surface area contributed by atoms with E-state index in [1.807, 2.05) is 19.1 Å². The number of rotatable bonds is 5. The van der Waals surface area contributed by atoms with Crippen LogP contribution in [0.3, 0.4) is 0 Å². The Hall–Kier alpha value is -1.32. The third-order valence-corrected chi connectivity index (χ3v) is 2.98. The van der Waals surface area contributed by atoms with E-state index in [0.717, 1.165) is 23.1 Å². The summed E-state index contributed by atoms with van der Waals surface area (Å²) in [7, 11) is 0. The Morgan fingerprint density at radius 3 is 2.67 bits per heavy atom. The van der Waals surface area contributed by atoms with E-state index in [1.165, 1.54) is 5.56 Å². The number of aromatic nitrogens is 1. The van der Waals surface area contributed by atoms with E-state index >= 15 is 0 Å². The van der Waals surface area contributed by atoms with E-state index in [-0.39, 0.29) is 0 Å². The highest BCUT2D eigenvalue weighted by Crippen LogP contribution is 2.11. The SMILES string of the molecule is Cc1cnc(CNC(C)Cc2ccc(Cl)cc2)o1. The van der Waals surface area contributed by atoms with Crippen LogP contribution in [0.2, 0.25) is 5.02 Å². The van der Waals surface area contributed by atoms with E-state index in [1.54, 1.807) is 6.20 Å². The average Bonchev–Trinajstić information content (AvgIpc) is 2.76. The molecular formula is C14H17ClN2O. The third-order valence-electron chi connectivity index (χ3n) is 2.73. The Labute approximate surface area is 112 Å². The molecule has 1 aromatic carbocycles. The zero-order valence-corrected chi connectivity index (χ0v) is 11.4. The molecule has 3 nitrogen and oxygen atoms in total. The van der Waals surface area contributed by atoms with E-state index < -0.39 is 0 Å². The van der Waals surface area contributed by atoms with Crippen molar-refractivity contribution < 1.29 is 4.42 Å². The molecule has 1 atom stereocenters. The standard InChI is InChI=1S/C14H17ClN2O/c1-10(7-12-3-5-13(15)6-4-12)16-9-14-17-8-11(2)18-14/h3-6,8,10,16H,7,9H2,1-2H3. The lowest BCUT2D eigenvalue weighted by Gasteiger charge is -2.12. The number of aryl methyl sites for hydroxylation is 1. The quantitative estimate of drug-likeness (QED) is 0.900. The van der Waals surface area contributed by atoms with Gasteiger partial charge in [-0.3, -0.25) is 0 Å². The van der Waals surface area contributed by atoms with Crippen molar-refractivity contribution in [1.82, 2.24) is 10.3 Å². The van der Waals surface area contributed by atoms with Crippen molar-refractivity contribution in [1.29, 1.82) is 0 Å². The monoisotopic (exact) mass is 264 g/mol. The summed E-state index contributed by atoms with van der Waals surface area (Å²) in [5.74, 6) is 1.58. The van der Waals surface area contributed by atoms with Gasteiger partial charge in [0.05, 0.1) is 12.7 Å². The van der Waals surface area contributed by atoms with Crippen molar-refractivity contribution in [2.45, 2.75) is 32.9 Å². The van der Waals surface area contributed by atoms with E-state index in [2.05, 4.69) is 29.4 Å². The summed E-state index contributed by atoms with van der Waals surface area (Å²) in [6.45, 7) is 4.70. The molecule has 2 rings (SSSR count). The summed E-state index contributed by atoms with van der Waals surface area (Å²) in [6.07, 6.45) is 2.69. The summed E-state index contributed by atoms with van der Waals surface area (Å²) in [6, 6.07) is 8.30. The lowest BCUT2D eigenvalue weighted by molar-refractivity contribution is 0.427. The number of nitrogens with one attached hydrogen (secondary N) is 1. The molecule has 18 heavy (non-hydrogen) atoms. The van der Waals surface area contributed by atoms with Crippen molar-refractivity contribution in [3.8, 4) is 0 Å². The summed E-state index contributed by atoms with van der Waals surface area (Å²) in [5.41, 5.74) is 1.27. The van der Waals surface area contributed by atoms with Gasteiger partial charge in [0, 0.05) is 11.1 Å². The van der Waals surface area contributed by atoms with Gasteiger partial charge in [-0.2, -0.15) is 0 Å². The van der Waals surface area contributed by atoms with Gasteiger partial charge in [0.25, 0.3) is 0 Å². The van der Waals surface area contributed by atoms with Gasteiger partial charge < -0.3 is 9.73 Å². The maximum atomic E-state index is 5.86. The van der Waals surface area contributed by atoms with Gasteiger partial charge in [-0.15, -0.1) is 0 Å². The van der Waals surface area contributed by atoms with E-state index in [9.17, 15) is 0 Å². The Balaban J connectivity index is 1.81. The second-order valence-corrected chi connectivity index (χ2v) is 4.91. The summed E-state index contributed by atoms with van der Waals surface area (Å²) in [5, 5.41) is 4.16. The summed E-state index contributed by atoms with van der Waals surface area (Å²) >= 11 is 5.86. The molecule has 1 aromatic heterocycles. The van der Waals surface area contributed by atoms with Crippen LogP contribution < -0.4 is 5.32 Å². The number of hydrogen-bond donors (Lipinski definition) is 1. The Morgan fingerprint density at radius 2 is 2.06 bits per heavy atom. The maximum absolute atomic E-state index is 5.86. The van der Waals surface area contributed by atoms with Gasteiger partial charge in [-0.1, -0.05) is 23.7 Å². The van der Waals surface area contributed by atoms with Crippen LogP contribution in [0.5, 0.6) is 0 Å². The van der Waals surface area contributed by atoms with Crippen LogP contribution in [0.4, 0.5) is 0 Å². The molecule has 0 spiro atoms. The van der Waals surface area contributed by atoms with E-state index in [0.29, 0.717) is 12.6 Å². The summed E-state index contributed by atoms with van der Waals surface area (Å²) in [4.78, 5) is 4.16. The first kappa shape index (κ1) is 13.1. The number of halogens is 1. The first-order valence-corrected chi connectivity index (χ1v) is 6.40. The zero-order chi connectivity index (χ0) is 13.0. The van der Waals surface area contributed by atoms with Gasteiger partial charge in [0.2, 0.25) is 5.89 Å². The molecular weight excluding hydrogens is 248 g/mol. The number of benzene rings is 1. The first-order valence-electron chi connectivity index (χ1n) is 6.02. The topological polar surface area (TPSA) is 38.1 Å². The van der Waals surface area contributed by atoms with Crippen molar-refractivity contribution in [2.24, 2.45) is 0 Å². The highest BCUT2D eigenvalue weighted by Gasteiger charge is 2.06. The number of nitrogens with zero attached hydrogens (tertiary/aromatic N) is 1. The lowest BCUT2D eigenvalue weighted by Crippen LogP contribution is -2.27. The molecule has 0 aliphatic rings. The molecule has 0 fully saturated rings. The largest absolute Gasteiger partial charge is 0.445 e. The van der Waals surface area contributed by atoms with Crippen LogP contribution in [-0.4, -0.2) is 11.0 Å². The Bertz CT molecular complexity index is 493. The van der Waals surface area contributed by atoms with Crippen LogP contribution in [0, 0.1) is 6.92 Å². The number of hydrogen-bond acceptors (Lipinski definition) is 3. The molecule has 1 unspecified atom stereocenters. The predicted octanol–water partition coefficient (Wildman–Crippen LogP) is 3.36. The third kappa shape index (κ3) is 3.86. The van der Waals surface area contributed by atoms with Gasteiger partial charge in [0.1, 0.15) is 5.76 Å². The van der Waals surface area contributed by atoms with Gasteiger partial charge in [0.15, 0.2) is 0 Å². The van der Waals surface area contributed by atoms with Crippen LogP contribution in [0.1, 0.15) is 24.1 Å². The maximum Gasteiger partial charge on any atom is 0.208 e. The van der Waals surface area contributed by atoms with Crippen molar-refractivity contribution in [3.05, 3.63) is 52.7 Å². The molecule has 96 valence electrons. The second-order valence-electron chi connectivity index (χ2n) is 4.48. The fraction of sp³-hybridized carbons (Fsp3) is 0.357. The molecule has 0 radical (unpaired) electrons. The highest BCUT2D eigenvalue weighted by molar-refractivity contribution is 6.30. The molecule has 1 heterocycles. The second kappa shape index (κ2) is 6.03. The van der Waals surface area contributed by atoms with Crippen LogP contribution >= 0.6 is 11.6 Å². The first-order chi connectivity index (χ1) is 8.63. The zero-order valence-electron chi connectivity index (χ0n) is 10.6. The predicted molar refractivity (Wildman–Crippen MR) is 72.7 cm³/mol. The molecule has 0 aliphatic carbocycles. The average molecular weight is 265 g/mol. The van der Waals surface area contributed by atoms with Gasteiger partial charge in [-0.05, 0) is 38.0 Å². The van der Waals surface area contributed by atoms with Crippen molar-refractivity contribution in [2.75, 3.05) is 0 Å². The number of oxazole rings is 1. The van der Waals surface area contributed by atoms with Crippen LogP contribution in [0.15, 0.2) is 34.9 Å². The lowest BCUT2D eigenvalue weighted by atomic mass is 10.1. The van der Waals surface area contributed by atoms with Crippen LogP contribution in [0.25, 0.3) is 0 Å². The molecule has 0 amide bonds. The minimum Gasteiger partial charge on any atom is -0.445 e. The minimum absolute atomic E-state index is 0.360. The van der Waals surface area contributed by atoms with Crippen molar-refractivity contribution >= 4 is 11.6 Å². The molecule has 4 heteroatoms. The molecule has 0 saturated heterocycles. The molecule has 1 N–H and O–H groups in total. The molecule has 0 aliphatic heterocycles. The molecule has 0 bridgehead atoms. The van der Waals surface area contributed by atoms with E-state index in [4.69, 9.17) is 16.0 Å². The molecule has 0 saturated carbocycles. The van der Waals surface area contributed by atoms with Crippen molar-refractivity contribution in [3.63, 3.8) is 0 Å². The smallest absolute Gasteiger partial charge is 0.208 e. The summed E-state index contributed by atoms with van der Waals surface area (Å²) < 4.78 is 5.41. The molecule has 2 aromatic rings. The fourth-order valence-corrected chi connectivity index (χ4v) is 1.92. The minimum atomic E-state index is 0.360.